The van der Waals surface area contributed by atoms with Crippen LogP contribution in [0.15, 0.2) is 0 Å². The van der Waals surface area contributed by atoms with Crippen LogP contribution >= 0.6 is 7.82 Å². The zero-order valence-electron chi connectivity index (χ0n) is 12.4. The molecule has 0 aliphatic heterocycles. The number of carbonyl (C=O) groups is 1. The van der Waals surface area contributed by atoms with Gasteiger partial charge >= 0.3 is 14.0 Å². The molecule has 0 fully saturated rings. The van der Waals surface area contributed by atoms with Crippen LogP contribution in [0.3, 0.4) is 0 Å². The predicted octanol–water partition coefficient (Wildman–Crippen LogP) is 1.90. The molecule has 0 spiro atoms. The van der Waals surface area contributed by atoms with E-state index in [0.717, 1.165) is 7.11 Å². The molecule has 0 saturated carbocycles. The fraction of sp³-hybridized carbons (Fsp3) is 0.900. The summed E-state index contributed by atoms with van der Waals surface area (Å²) in [7, 11) is -1.43. The quantitative estimate of drug-likeness (QED) is 0.387. The summed E-state index contributed by atoms with van der Waals surface area (Å²) in [5.74, 6) is 0. The summed E-state index contributed by atoms with van der Waals surface area (Å²) in [6, 6.07) is 0. The number of aliphatic hydroxyl groups excluding tert-OH is 1. The number of hydrogen-bond acceptors (Lipinski definition) is 9. The molecule has 0 radical (unpaired) electrons. The second kappa shape index (κ2) is 13.3. The fourth-order valence-corrected chi connectivity index (χ4v) is 1.71. The Bertz CT molecular complexity index is 282. The number of phosphoric ester groups is 1. The number of aliphatic hydroxyl groups is 1. The molecule has 1 atom stereocenters. The average molecular weight is 318 g/mol. The van der Waals surface area contributed by atoms with Crippen LogP contribution in [0.25, 0.3) is 0 Å². The van der Waals surface area contributed by atoms with Gasteiger partial charge < -0.3 is 19.3 Å². The molecule has 0 aromatic heterocycles. The van der Waals surface area contributed by atoms with E-state index in [2.05, 4.69) is 14.2 Å². The highest BCUT2D eigenvalue weighted by molar-refractivity contribution is 7.48. The van der Waals surface area contributed by atoms with Crippen LogP contribution in [0.5, 0.6) is 0 Å². The van der Waals surface area contributed by atoms with E-state index in [0.29, 0.717) is 0 Å². The molecule has 1 N–H and O–H groups in total. The second-order valence-electron chi connectivity index (χ2n) is 3.21. The Morgan fingerprint density at radius 2 is 1.70 bits per heavy atom. The molecule has 0 rings (SSSR count). The molecule has 0 aliphatic carbocycles. The Labute approximate surface area is 118 Å². The van der Waals surface area contributed by atoms with Crippen molar-refractivity contribution in [3.05, 3.63) is 0 Å². The minimum Gasteiger partial charge on any atom is -0.432 e. The van der Waals surface area contributed by atoms with Gasteiger partial charge in [-0.15, -0.1) is 0 Å². The summed E-state index contributed by atoms with van der Waals surface area (Å²) in [6.07, 6.45) is -1.25. The lowest BCUT2D eigenvalue weighted by atomic mass is 10.5. The lowest BCUT2D eigenvalue weighted by molar-refractivity contribution is -0.0378. The first-order valence-electron chi connectivity index (χ1n) is 5.74. The summed E-state index contributed by atoms with van der Waals surface area (Å²) in [4.78, 5) is 11.0. The van der Waals surface area contributed by atoms with Gasteiger partial charge in [0.15, 0.2) is 6.79 Å². The molecule has 20 heavy (non-hydrogen) atoms. The van der Waals surface area contributed by atoms with Gasteiger partial charge in [0.25, 0.3) is 0 Å². The van der Waals surface area contributed by atoms with Crippen molar-refractivity contribution in [3.63, 3.8) is 0 Å². The summed E-state index contributed by atoms with van der Waals surface area (Å²) < 4.78 is 39.8. The zero-order chi connectivity index (χ0) is 16.0. The Kier molecular flexibility index (Phi) is 14.4. The number of methoxy groups -OCH3 is 1. The lowest BCUT2D eigenvalue weighted by Gasteiger charge is -2.16. The second-order valence-corrected chi connectivity index (χ2v) is 4.88. The molecule has 0 aliphatic rings. The van der Waals surface area contributed by atoms with Gasteiger partial charge in [0.2, 0.25) is 6.79 Å². The standard InChI is InChI=1S/C9H19O8P.CH4O/c1-5-14-18(11,15-6-12-4)16-7-13-9(10)17-8(2)3;1-2/h8H,5-7H2,1-4H3;2H,1H3. The van der Waals surface area contributed by atoms with Crippen LogP contribution in [0.4, 0.5) is 4.79 Å². The fourth-order valence-electron chi connectivity index (χ4n) is 0.753. The molecule has 9 nitrogen and oxygen atoms in total. The Hall–Kier alpha value is -0.700. The van der Waals surface area contributed by atoms with Gasteiger partial charge in [-0.3, -0.25) is 9.05 Å². The SMILES string of the molecule is CCOP(=O)(OCOC)OCOC(=O)OC(C)C.CO. The molecule has 0 amide bonds. The minimum atomic E-state index is -3.78. The van der Waals surface area contributed by atoms with Crippen LogP contribution in [-0.2, 0) is 32.3 Å². The van der Waals surface area contributed by atoms with Crippen molar-refractivity contribution in [1.82, 2.24) is 0 Å². The normalized spacial score (nSPS) is 13.2. The van der Waals surface area contributed by atoms with Crippen molar-refractivity contribution in [3.8, 4) is 0 Å². The monoisotopic (exact) mass is 318 g/mol. The first-order valence-corrected chi connectivity index (χ1v) is 7.20. The van der Waals surface area contributed by atoms with Gasteiger partial charge in [-0.2, -0.15) is 0 Å². The van der Waals surface area contributed by atoms with Gasteiger partial charge in [0.1, 0.15) is 0 Å². The molecule has 1 unspecified atom stereocenters. The molecule has 122 valence electrons. The number of hydrogen-bond donors (Lipinski definition) is 1. The number of phosphoric acid groups is 1. The molecule has 0 aromatic rings. The molecule has 0 heterocycles. The largest absolute Gasteiger partial charge is 0.510 e. The summed E-state index contributed by atoms with van der Waals surface area (Å²) in [6.45, 7) is 4.17. The third kappa shape index (κ3) is 12.3. The van der Waals surface area contributed by atoms with E-state index in [1.807, 2.05) is 0 Å². The van der Waals surface area contributed by atoms with Crippen LogP contribution in [0, 0.1) is 0 Å². The molecule has 0 aromatic carbocycles. The summed E-state index contributed by atoms with van der Waals surface area (Å²) in [5, 5.41) is 7.00. The van der Waals surface area contributed by atoms with E-state index in [1.165, 1.54) is 7.11 Å². The molecule has 0 saturated heterocycles. The third-order valence-corrected chi connectivity index (χ3v) is 2.75. The third-order valence-electron chi connectivity index (χ3n) is 1.34. The maximum Gasteiger partial charge on any atom is 0.510 e. The van der Waals surface area contributed by atoms with Crippen molar-refractivity contribution < 1.29 is 42.2 Å². The first-order chi connectivity index (χ1) is 9.43. The van der Waals surface area contributed by atoms with Crippen LogP contribution < -0.4 is 0 Å². The van der Waals surface area contributed by atoms with E-state index >= 15 is 0 Å². The van der Waals surface area contributed by atoms with Gasteiger partial charge in [-0.25, -0.2) is 13.9 Å². The maximum absolute atomic E-state index is 11.8. The molecule has 10 heteroatoms. The van der Waals surface area contributed by atoms with Crippen LogP contribution in [0.1, 0.15) is 20.8 Å². The summed E-state index contributed by atoms with van der Waals surface area (Å²) in [5.41, 5.74) is 0. The Balaban J connectivity index is 0. The molecular formula is C10H23O9P. The maximum atomic E-state index is 11.8. The topological polar surface area (TPSA) is 110 Å². The lowest BCUT2D eigenvalue weighted by Crippen LogP contribution is -2.15. The van der Waals surface area contributed by atoms with E-state index in [1.54, 1.807) is 20.8 Å². The Morgan fingerprint density at radius 1 is 1.15 bits per heavy atom. The summed E-state index contributed by atoms with van der Waals surface area (Å²) >= 11 is 0. The highest BCUT2D eigenvalue weighted by atomic mass is 31.2. The van der Waals surface area contributed by atoms with E-state index < -0.39 is 20.8 Å². The van der Waals surface area contributed by atoms with Crippen molar-refractivity contribution in [1.29, 1.82) is 0 Å². The van der Waals surface area contributed by atoms with Crippen LogP contribution in [-0.4, -0.2) is 51.8 Å². The highest BCUT2D eigenvalue weighted by Crippen LogP contribution is 2.49. The predicted molar refractivity (Wildman–Crippen MR) is 69.0 cm³/mol. The highest BCUT2D eigenvalue weighted by Gasteiger charge is 2.27. The average Bonchev–Trinajstić information content (AvgIpc) is 2.38. The molecular weight excluding hydrogens is 295 g/mol. The van der Waals surface area contributed by atoms with Crippen LogP contribution in [0.2, 0.25) is 0 Å². The van der Waals surface area contributed by atoms with Crippen molar-refractivity contribution in [2.75, 3.05) is 34.4 Å². The Morgan fingerprint density at radius 3 is 2.15 bits per heavy atom. The van der Waals surface area contributed by atoms with Gasteiger partial charge in [0, 0.05) is 14.2 Å². The van der Waals surface area contributed by atoms with E-state index in [-0.39, 0.29) is 19.5 Å². The number of ether oxygens (including phenoxy) is 3. The van der Waals surface area contributed by atoms with E-state index in [9.17, 15) is 9.36 Å². The number of rotatable bonds is 9. The number of carbonyl (C=O) groups excluding carboxylic acids is 1. The zero-order valence-corrected chi connectivity index (χ0v) is 13.3. The van der Waals surface area contributed by atoms with Gasteiger partial charge in [0.05, 0.1) is 12.7 Å². The minimum absolute atomic E-state index is 0.109. The van der Waals surface area contributed by atoms with Gasteiger partial charge in [-0.1, -0.05) is 0 Å². The first kappa shape index (κ1) is 21.6. The van der Waals surface area contributed by atoms with Crippen molar-refractivity contribution in [2.45, 2.75) is 26.9 Å². The van der Waals surface area contributed by atoms with Gasteiger partial charge in [-0.05, 0) is 20.8 Å². The molecule has 0 bridgehead atoms. The van der Waals surface area contributed by atoms with E-state index in [4.69, 9.17) is 18.7 Å². The van der Waals surface area contributed by atoms with Crippen molar-refractivity contribution in [2.24, 2.45) is 0 Å². The van der Waals surface area contributed by atoms with Crippen molar-refractivity contribution >= 4 is 14.0 Å². The smallest absolute Gasteiger partial charge is 0.432 e.